The number of carbonyl (C=O) groups excluding carboxylic acids is 1. The Hall–Kier alpha value is -2.48. The zero-order valence-corrected chi connectivity index (χ0v) is 12.9. The van der Waals surface area contributed by atoms with Crippen LogP contribution in [-0.2, 0) is 0 Å². The first kappa shape index (κ1) is 16.4. The van der Waals surface area contributed by atoms with Crippen molar-refractivity contribution in [3.05, 3.63) is 41.6 Å². The summed E-state index contributed by atoms with van der Waals surface area (Å²) in [6, 6.07) is 8.02. The van der Waals surface area contributed by atoms with Gasteiger partial charge in [0.05, 0.1) is 11.1 Å². The third-order valence-electron chi connectivity index (χ3n) is 3.84. The molecule has 0 radical (unpaired) electrons. The molecule has 0 unspecified atom stereocenters. The van der Waals surface area contributed by atoms with Gasteiger partial charge < -0.3 is 5.11 Å². The molecule has 0 saturated carbocycles. The standard InChI is InChI=1S/C16H14F3N3O2/c1-9-7-12(11-5-3-4-6-13(11)20-9)14(23)22-15(24,16(17,18)19)8-10(2)21-22/h3-7,24H,8H2,1-2H3/t15-/m1/s1. The van der Waals surface area contributed by atoms with E-state index >= 15 is 0 Å². The van der Waals surface area contributed by atoms with E-state index in [0.29, 0.717) is 16.6 Å². The second kappa shape index (κ2) is 5.27. The number of halogens is 3. The lowest BCUT2D eigenvalue weighted by Crippen LogP contribution is -2.56. The number of fused-ring (bicyclic) bond motifs is 1. The highest BCUT2D eigenvalue weighted by Gasteiger charge is 2.62. The molecular weight excluding hydrogens is 323 g/mol. The third kappa shape index (κ3) is 2.43. The van der Waals surface area contributed by atoms with Crippen molar-refractivity contribution in [1.82, 2.24) is 9.99 Å². The Balaban J connectivity index is 2.15. The second-order valence-corrected chi connectivity index (χ2v) is 5.77. The number of rotatable bonds is 1. The highest BCUT2D eigenvalue weighted by atomic mass is 19.4. The zero-order chi connectivity index (χ0) is 17.7. The fourth-order valence-electron chi connectivity index (χ4n) is 2.75. The quantitative estimate of drug-likeness (QED) is 0.870. The maximum atomic E-state index is 13.3. The van der Waals surface area contributed by atoms with Gasteiger partial charge >= 0.3 is 6.18 Å². The van der Waals surface area contributed by atoms with E-state index in [1.807, 2.05) is 0 Å². The minimum atomic E-state index is -5.03. The van der Waals surface area contributed by atoms with Crippen LogP contribution in [0.1, 0.15) is 29.4 Å². The number of benzene rings is 1. The zero-order valence-electron chi connectivity index (χ0n) is 12.9. The summed E-state index contributed by atoms with van der Waals surface area (Å²) in [5, 5.41) is 14.2. The molecule has 2 aromatic rings. The predicted octanol–water partition coefficient (Wildman–Crippen LogP) is 3.02. The lowest BCUT2D eigenvalue weighted by Gasteiger charge is -2.32. The van der Waals surface area contributed by atoms with E-state index in [1.165, 1.54) is 13.0 Å². The van der Waals surface area contributed by atoms with E-state index in [0.717, 1.165) is 0 Å². The normalized spacial score (nSPS) is 21.2. The summed E-state index contributed by atoms with van der Waals surface area (Å²) in [7, 11) is 0. The van der Waals surface area contributed by atoms with E-state index in [4.69, 9.17) is 0 Å². The van der Waals surface area contributed by atoms with Crippen molar-refractivity contribution in [3.8, 4) is 0 Å². The van der Waals surface area contributed by atoms with E-state index in [1.54, 1.807) is 31.2 Å². The predicted molar refractivity (Wildman–Crippen MR) is 81.4 cm³/mol. The Kier molecular flexibility index (Phi) is 3.60. The first-order valence-corrected chi connectivity index (χ1v) is 7.17. The number of aromatic nitrogens is 1. The molecule has 8 heteroatoms. The van der Waals surface area contributed by atoms with Crippen LogP contribution in [0.15, 0.2) is 35.4 Å². The largest absolute Gasteiger partial charge is 0.438 e. The van der Waals surface area contributed by atoms with Crippen molar-refractivity contribution in [2.45, 2.75) is 32.2 Å². The second-order valence-electron chi connectivity index (χ2n) is 5.77. The number of pyridine rings is 1. The van der Waals surface area contributed by atoms with Gasteiger partial charge in [-0.25, -0.2) is 0 Å². The summed E-state index contributed by atoms with van der Waals surface area (Å²) in [5.74, 6) is -1.02. The summed E-state index contributed by atoms with van der Waals surface area (Å²) >= 11 is 0. The van der Waals surface area contributed by atoms with Gasteiger partial charge in [-0.15, -0.1) is 0 Å². The highest BCUT2D eigenvalue weighted by molar-refractivity contribution is 6.07. The summed E-state index contributed by atoms with van der Waals surface area (Å²) in [6.07, 6.45) is -5.80. The van der Waals surface area contributed by atoms with Crippen LogP contribution in [0, 0.1) is 6.92 Å². The van der Waals surface area contributed by atoms with Gasteiger partial charge in [-0.05, 0) is 26.0 Å². The van der Waals surface area contributed by atoms with Crippen LogP contribution in [-0.4, -0.2) is 38.6 Å². The molecule has 0 spiro atoms. The number of nitrogens with zero attached hydrogens (tertiary/aromatic N) is 3. The molecule has 1 N–H and O–H groups in total. The fraction of sp³-hybridized carbons (Fsp3) is 0.312. The monoisotopic (exact) mass is 337 g/mol. The van der Waals surface area contributed by atoms with Crippen LogP contribution >= 0.6 is 0 Å². The molecule has 1 aliphatic rings. The van der Waals surface area contributed by atoms with Crippen molar-refractivity contribution in [3.63, 3.8) is 0 Å². The van der Waals surface area contributed by atoms with Crippen molar-refractivity contribution in [2.75, 3.05) is 0 Å². The van der Waals surface area contributed by atoms with Gasteiger partial charge in [0.25, 0.3) is 11.6 Å². The van der Waals surface area contributed by atoms with Crippen LogP contribution in [0.2, 0.25) is 0 Å². The Morgan fingerprint density at radius 3 is 2.62 bits per heavy atom. The molecular formula is C16H14F3N3O2. The molecule has 5 nitrogen and oxygen atoms in total. The van der Waals surface area contributed by atoms with Crippen LogP contribution in [0.5, 0.6) is 0 Å². The van der Waals surface area contributed by atoms with Gasteiger partial charge in [0, 0.05) is 23.2 Å². The maximum Gasteiger partial charge on any atom is 0.438 e. The minimum Gasteiger partial charge on any atom is -0.362 e. The molecule has 3 rings (SSSR count). The molecule has 1 aromatic heterocycles. The fourth-order valence-corrected chi connectivity index (χ4v) is 2.75. The van der Waals surface area contributed by atoms with Crippen LogP contribution in [0.3, 0.4) is 0 Å². The number of hydrogen-bond donors (Lipinski definition) is 1. The summed E-state index contributed by atoms with van der Waals surface area (Å²) in [6.45, 7) is 2.97. The topological polar surface area (TPSA) is 65.8 Å². The number of hydrogen-bond acceptors (Lipinski definition) is 4. The molecule has 1 atom stereocenters. The number of aryl methyl sites for hydroxylation is 1. The van der Waals surface area contributed by atoms with Gasteiger partial charge in [-0.2, -0.15) is 23.3 Å². The molecule has 0 bridgehead atoms. The number of alkyl halides is 3. The average molecular weight is 337 g/mol. The lowest BCUT2D eigenvalue weighted by atomic mass is 10.0. The number of hydrazone groups is 1. The number of aliphatic hydroxyl groups is 1. The van der Waals surface area contributed by atoms with Gasteiger partial charge in [0.15, 0.2) is 0 Å². The third-order valence-corrected chi connectivity index (χ3v) is 3.84. The highest BCUT2D eigenvalue weighted by Crippen LogP contribution is 2.41. The summed E-state index contributed by atoms with van der Waals surface area (Å²) in [4.78, 5) is 17.0. The van der Waals surface area contributed by atoms with Crippen molar-refractivity contribution in [2.24, 2.45) is 5.10 Å². The van der Waals surface area contributed by atoms with E-state index in [9.17, 15) is 23.1 Å². The number of amides is 1. The van der Waals surface area contributed by atoms with Crippen molar-refractivity contribution < 1.29 is 23.1 Å². The minimum absolute atomic E-state index is 0.0132. The molecule has 0 aliphatic carbocycles. The van der Waals surface area contributed by atoms with Gasteiger partial charge in [0.1, 0.15) is 0 Å². The van der Waals surface area contributed by atoms with Crippen LogP contribution < -0.4 is 0 Å². The molecule has 1 amide bonds. The van der Waals surface area contributed by atoms with Crippen LogP contribution in [0.25, 0.3) is 10.9 Å². The Morgan fingerprint density at radius 1 is 1.29 bits per heavy atom. The summed E-state index contributed by atoms with van der Waals surface area (Å²) in [5.41, 5.74) is -2.34. The smallest absolute Gasteiger partial charge is 0.362 e. The molecule has 1 aromatic carbocycles. The first-order valence-electron chi connectivity index (χ1n) is 7.17. The molecule has 1 aliphatic heterocycles. The Morgan fingerprint density at radius 2 is 1.96 bits per heavy atom. The van der Waals surface area contributed by atoms with Crippen molar-refractivity contribution >= 4 is 22.5 Å². The maximum absolute atomic E-state index is 13.3. The number of carbonyl (C=O) groups is 1. The summed E-state index contributed by atoms with van der Waals surface area (Å²) < 4.78 is 39.9. The van der Waals surface area contributed by atoms with E-state index in [2.05, 4.69) is 10.1 Å². The van der Waals surface area contributed by atoms with Gasteiger partial charge in [-0.3, -0.25) is 9.78 Å². The van der Waals surface area contributed by atoms with Gasteiger partial charge in [0.2, 0.25) is 0 Å². The van der Waals surface area contributed by atoms with E-state index in [-0.39, 0.29) is 16.3 Å². The molecule has 126 valence electrons. The number of para-hydroxylation sites is 1. The van der Waals surface area contributed by atoms with Crippen molar-refractivity contribution in [1.29, 1.82) is 0 Å². The molecule has 0 saturated heterocycles. The first-order chi connectivity index (χ1) is 11.1. The molecule has 2 heterocycles. The van der Waals surface area contributed by atoms with Gasteiger partial charge in [-0.1, -0.05) is 18.2 Å². The van der Waals surface area contributed by atoms with E-state index < -0.39 is 24.2 Å². The van der Waals surface area contributed by atoms with Crippen LogP contribution in [0.4, 0.5) is 13.2 Å². The molecule has 0 fully saturated rings. The lowest BCUT2D eigenvalue weighted by molar-refractivity contribution is -0.297. The Bertz CT molecular complexity index is 863. The Labute approximate surface area is 135 Å². The SMILES string of the molecule is CC1=NN(C(=O)c2cc(C)nc3ccccc23)[C@](O)(C(F)(F)F)C1. The average Bonchev–Trinajstić information content (AvgIpc) is 2.81. The molecule has 24 heavy (non-hydrogen) atoms.